The van der Waals surface area contributed by atoms with Crippen LogP contribution in [-0.2, 0) is 9.59 Å². The van der Waals surface area contributed by atoms with E-state index in [4.69, 9.17) is 22.0 Å². The van der Waals surface area contributed by atoms with Crippen LogP contribution in [0.25, 0.3) is 0 Å². The van der Waals surface area contributed by atoms with Crippen molar-refractivity contribution in [1.29, 1.82) is 5.26 Å². The van der Waals surface area contributed by atoms with Gasteiger partial charge in [-0.3, -0.25) is 9.59 Å². The Hall–Kier alpha value is -2.52. The first-order valence-corrected chi connectivity index (χ1v) is 6.53. The summed E-state index contributed by atoms with van der Waals surface area (Å²) in [5, 5.41) is 23.3. The van der Waals surface area contributed by atoms with E-state index in [9.17, 15) is 9.59 Å². The summed E-state index contributed by atoms with van der Waals surface area (Å²) >= 11 is 5.74. The highest BCUT2D eigenvalue weighted by atomic mass is 35.5. The molecule has 3 N–H and O–H groups in total. The van der Waals surface area contributed by atoms with Crippen molar-refractivity contribution in [2.24, 2.45) is 0 Å². The first kappa shape index (κ1) is 16.5. The number of aliphatic carboxylic acids is 1. The van der Waals surface area contributed by atoms with Gasteiger partial charge in [0.05, 0.1) is 0 Å². The molecule has 0 radical (unpaired) electrons. The third-order valence-corrected chi connectivity index (χ3v) is 2.70. The molecule has 0 aliphatic carbocycles. The average molecular weight is 308 g/mol. The Morgan fingerprint density at radius 1 is 1.33 bits per heavy atom. The second-order valence-corrected chi connectivity index (χ2v) is 4.51. The molecule has 1 aromatic carbocycles. The Balaban J connectivity index is 2.51. The fraction of sp³-hybridized carbons (Fsp3) is 0.214. The van der Waals surface area contributed by atoms with E-state index < -0.39 is 11.9 Å². The molecule has 0 spiro atoms. The second kappa shape index (κ2) is 8.61. The third-order valence-electron chi connectivity index (χ3n) is 2.45. The highest BCUT2D eigenvalue weighted by molar-refractivity contribution is 6.30. The van der Waals surface area contributed by atoms with Crippen LogP contribution in [0.5, 0.6) is 0 Å². The van der Waals surface area contributed by atoms with Crippen LogP contribution in [0.2, 0.25) is 5.02 Å². The summed E-state index contributed by atoms with van der Waals surface area (Å²) in [6.07, 6.45) is 1.56. The van der Waals surface area contributed by atoms with E-state index in [1.54, 1.807) is 30.3 Å². The molecular weight excluding hydrogens is 294 g/mol. The molecule has 0 saturated carbocycles. The lowest BCUT2D eigenvalue weighted by molar-refractivity contribution is -0.137. The summed E-state index contributed by atoms with van der Waals surface area (Å²) in [7, 11) is 0. The summed E-state index contributed by atoms with van der Waals surface area (Å²) in [5.74, 6) is -1.48. The van der Waals surface area contributed by atoms with Gasteiger partial charge in [-0.25, -0.2) is 0 Å². The van der Waals surface area contributed by atoms with E-state index in [1.165, 1.54) is 6.20 Å². The second-order valence-electron chi connectivity index (χ2n) is 4.07. The summed E-state index contributed by atoms with van der Waals surface area (Å²) < 4.78 is 0. The largest absolute Gasteiger partial charge is 0.481 e. The first-order chi connectivity index (χ1) is 10.0. The van der Waals surface area contributed by atoms with Gasteiger partial charge in [-0.05, 0) is 30.7 Å². The van der Waals surface area contributed by atoms with Crippen LogP contribution in [-0.4, -0.2) is 23.5 Å². The molecule has 0 aromatic heterocycles. The zero-order valence-corrected chi connectivity index (χ0v) is 11.9. The molecule has 0 unspecified atom stereocenters. The Kier molecular flexibility index (Phi) is 6.78. The number of carboxylic acid groups (broad SMARTS) is 1. The van der Waals surface area contributed by atoms with E-state index in [0.717, 1.165) is 0 Å². The number of carbonyl (C=O) groups excluding carboxylic acids is 1. The lowest BCUT2D eigenvalue weighted by Crippen LogP contribution is -2.26. The van der Waals surface area contributed by atoms with Crippen LogP contribution >= 0.6 is 11.6 Å². The summed E-state index contributed by atoms with van der Waals surface area (Å²) in [6.45, 7) is 0.200. The zero-order chi connectivity index (χ0) is 15.7. The molecule has 7 heteroatoms. The highest BCUT2D eigenvalue weighted by Gasteiger charge is 2.08. The van der Waals surface area contributed by atoms with Crippen molar-refractivity contribution in [2.75, 3.05) is 11.9 Å². The van der Waals surface area contributed by atoms with Crippen LogP contribution in [0.1, 0.15) is 12.8 Å². The molecule has 0 bridgehead atoms. The van der Waals surface area contributed by atoms with Crippen molar-refractivity contribution in [3.63, 3.8) is 0 Å². The number of nitrogens with one attached hydrogen (secondary N) is 2. The quantitative estimate of drug-likeness (QED) is 0.407. The monoisotopic (exact) mass is 307 g/mol. The van der Waals surface area contributed by atoms with E-state index in [0.29, 0.717) is 17.1 Å². The lowest BCUT2D eigenvalue weighted by Gasteiger charge is -2.04. The van der Waals surface area contributed by atoms with Crippen LogP contribution in [0, 0.1) is 11.3 Å². The number of halogens is 1. The fourth-order valence-electron chi connectivity index (χ4n) is 1.39. The van der Waals surface area contributed by atoms with Crippen LogP contribution in [0.3, 0.4) is 0 Å². The highest BCUT2D eigenvalue weighted by Crippen LogP contribution is 2.13. The van der Waals surface area contributed by atoms with E-state index in [1.807, 2.05) is 0 Å². The molecule has 0 aliphatic heterocycles. The number of hydrogen-bond donors (Lipinski definition) is 3. The summed E-state index contributed by atoms with van der Waals surface area (Å²) in [5.41, 5.74) is 0.589. The fourth-order valence-corrected chi connectivity index (χ4v) is 1.51. The predicted molar refractivity (Wildman–Crippen MR) is 78.7 cm³/mol. The van der Waals surface area contributed by atoms with Crippen molar-refractivity contribution in [1.82, 2.24) is 5.32 Å². The van der Waals surface area contributed by atoms with Crippen LogP contribution in [0.4, 0.5) is 5.69 Å². The Morgan fingerprint density at radius 3 is 2.57 bits per heavy atom. The molecule has 0 atom stereocenters. The molecule has 110 valence electrons. The number of amides is 1. The number of anilines is 1. The molecule has 1 amide bonds. The maximum absolute atomic E-state index is 11.7. The van der Waals surface area contributed by atoms with Gasteiger partial charge >= 0.3 is 5.97 Å². The standard InChI is InChI=1S/C14H14ClN3O3/c15-11-3-5-12(6-4-11)18-9-10(8-16)14(21)17-7-1-2-13(19)20/h3-6,9,18H,1-2,7H2,(H,17,21)(H,19,20)/b10-9-. The van der Waals surface area contributed by atoms with Gasteiger partial charge in [-0.1, -0.05) is 11.6 Å². The minimum atomic E-state index is -0.926. The molecule has 0 heterocycles. The molecule has 0 aliphatic rings. The van der Waals surface area contributed by atoms with Gasteiger partial charge in [0.25, 0.3) is 5.91 Å². The number of rotatable bonds is 7. The van der Waals surface area contributed by atoms with Crippen molar-refractivity contribution in [2.45, 2.75) is 12.8 Å². The number of nitrogens with zero attached hydrogens (tertiary/aromatic N) is 1. The predicted octanol–water partition coefficient (Wildman–Crippen LogP) is 2.14. The van der Waals surface area contributed by atoms with E-state index in [-0.39, 0.29) is 18.5 Å². The number of benzene rings is 1. The van der Waals surface area contributed by atoms with Crippen molar-refractivity contribution < 1.29 is 14.7 Å². The Morgan fingerprint density at radius 2 is 2.00 bits per heavy atom. The minimum absolute atomic E-state index is 0.0328. The number of hydrogen-bond acceptors (Lipinski definition) is 4. The van der Waals surface area contributed by atoms with Gasteiger partial charge < -0.3 is 15.7 Å². The van der Waals surface area contributed by atoms with Gasteiger partial charge in [-0.2, -0.15) is 5.26 Å². The van der Waals surface area contributed by atoms with Crippen molar-refractivity contribution in [3.05, 3.63) is 41.1 Å². The number of carboxylic acids is 1. The molecule has 21 heavy (non-hydrogen) atoms. The molecular formula is C14H14ClN3O3. The van der Waals surface area contributed by atoms with E-state index >= 15 is 0 Å². The zero-order valence-electron chi connectivity index (χ0n) is 11.1. The normalized spacial score (nSPS) is 10.6. The van der Waals surface area contributed by atoms with Crippen molar-refractivity contribution in [3.8, 4) is 6.07 Å². The summed E-state index contributed by atoms with van der Waals surface area (Å²) in [6, 6.07) is 8.54. The maximum Gasteiger partial charge on any atom is 0.303 e. The topological polar surface area (TPSA) is 102 Å². The Bertz CT molecular complexity index is 576. The average Bonchev–Trinajstić information content (AvgIpc) is 2.46. The number of carbonyl (C=O) groups is 2. The lowest BCUT2D eigenvalue weighted by atomic mass is 10.2. The van der Waals surface area contributed by atoms with Gasteiger partial charge in [0, 0.05) is 29.9 Å². The molecule has 6 nitrogen and oxygen atoms in total. The Labute approximate surface area is 127 Å². The van der Waals surface area contributed by atoms with Gasteiger partial charge in [0.15, 0.2) is 0 Å². The smallest absolute Gasteiger partial charge is 0.303 e. The van der Waals surface area contributed by atoms with Crippen molar-refractivity contribution >= 4 is 29.2 Å². The first-order valence-electron chi connectivity index (χ1n) is 6.15. The molecule has 1 rings (SSSR count). The van der Waals surface area contributed by atoms with E-state index in [2.05, 4.69) is 10.6 Å². The maximum atomic E-state index is 11.7. The molecule has 0 saturated heterocycles. The number of nitriles is 1. The van der Waals surface area contributed by atoms with Crippen LogP contribution < -0.4 is 10.6 Å². The molecule has 0 fully saturated rings. The third kappa shape index (κ3) is 6.45. The SMILES string of the molecule is N#C/C(=C/Nc1ccc(Cl)cc1)C(=O)NCCCC(=O)O. The van der Waals surface area contributed by atoms with Gasteiger partial charge in [-0.15, -0.1) is 0 Å². The van der Waals surface area contributed by atoms with Gasteiger partial charge in [0.2, 0.25) is 0 Å². The van der Waals surface area contributed by atoms with Gasteiger partial charge in [0.1, 0.15) is 11.6 Å². The minimum Gasteiger partial charge on any atom is -0.481 e. The summed E-state index contributed by atoms with van der Waals surface area (Å²) in [4.78, 5) is 22.0. The van der Waals surface area contributed by atoms with Crippen LogP contribution in [0.15, 0.2) is 36.0 Å². The molecule has 1 aromatic rings.